The molecule has 84 valence electrons. The van der Waals surface area contributed by atoms with Crippen molar-refractivity contribution in [3.05, 3.63) is 29.3 Å². The Morgan fingerprint density at radius 3 is 1.80 bits per heavy atom. The molecule has 0 heterocycles. The fourth-order valence-electron chi connectivity index (χ4n) is 1.78. The molecule has 0 aliphatic carbocycles. The lowest BCUT2D eigenvalue weighted by Crippen LogP contribution is -1.91. The third-order valence-electron chi connectivity index (χ3n) is 2.80. The van der Waals surface area contributed by atoms with Crippen molar-refractivity contribution >= 4 is 0 Å². The molecule has 0 spiro atoms. The average Bonchev–Trinajstić information content (AvgIpc) is 2.26. The van der Waals surface area contributed by atoms with E-state index >= 15 is 0 Å². The highest BCUT2D eigenvalue weighted by Gasteiger charge is 2.05. The molecular weight excluding hydrogens is 184 g/mol. The van der Waals surface area contributed by atoms with Crippen molar-refractivity contribution in [3.8, 4) is 5.75 Å². The number of phenolic OH excluding ortho intramolecular Hbond substituents is 1. The second-order valence-electron chi connectivity index (χ2n) is 4.13. The minimum Gasteiger partial charge on any atom is -0.507 e. The number of aromatic hydroxyl groups is 1. The highest BCUT2D eigenvalue weighted by Crippen LogP contribution is 2.25. The zero-order chi connectivity index (χ0) is 11.1. The summed E-state index contributed by atoms with van der Waals surface area (Å²) in [6, 6.07) is 6.15. The maximum absolute atomic E-state index is 10.0. The van der Waals surface area contributed by atoms with Crippen LogP contribution in [0, 0.1) is 0 Å². The molecule has 0 aliphatic heterocycles. The van der Waals surface area contributed by atoms with E-state index in [1.807, 2.05) is 12.1 Å². The van der Waals surface area contributed by atoms with Crippen LogP contribution in [-0.4, -0.2) is 5.11 Å². The number of phenols is 1. The summed E-state index contributed by atoms with van der Waals surface area (Å²) in [6.45, 7) is 4.36. The molecule has 0 saturated heterocycles. The van der Waals surface area contributed by atoms with Crippen LogP contribution >= 0.6 is 0 Å². The van der Waals surface area contributed by atoms with Crippen LogP contribution in [0.1, 0.15) is 50.7 Å². The van der Waals surface area contributed by atoms with Gasteiger partial charge in [-0.3, -0.25) is 0 Å². The first-order chi connectivity index (χ1) is 7.29. The molecule has 1 heteroatoms. The first-order valence-corrected chi connectivity index (χ1v) is 6.09. The van der Waals surface area contributed by atoms with Gasteiger partial charge in [-0.25, -0.2) is 0 Å². The van der Waals surface area contributed by atoms with Gasteiger partial charge in [0, 0.05) is 0 Å². The van der Waals surface area contributed by atoms with Crippen LogP contribution in [0.15, 0.2) is 18.2 Å². The van der Waals surface area contributed by atoms with Crippen molar-refractivity contribution in [2.45, 2.75) is 52.4 Å². The zero-order valence-electron chi connectivity index (χ0n) is 9.92. The van der Waals surface area contributed by atoms with Crippen LogP contribution in [0.2, 0.25) is 0 Å². The third-order valence-corrected chi connectivity index (χ3v) is 2.80. The highest BCUT2D eigenvalue weighted by atomic mass is 16.3. The first kappa shape index (κ1) is 12.1. The molecule has 0 atom stereocenters. The molecule has 0 fully saturated rings. The number of hydrogen-bond acceptors (Lipinski definition) is 1. The van der Waals surface area contributed by atoms with Gasteiger partial charge in [0.05, 0.1) is 0 Å². The SMILES string of the molecule is CCCCc1cccc(CCCC)c1O. The van der Waals surface area contributed by atoms with E-state index in [1.165, 1.54) is 12.8 Å². The van der Waals surface area contributed by atoms with E-state index in [0.29, 0.717) is 5.75 Å². The molecule has 0 bridgehead atoms. The number of para-hydroxylation sites is 1. The third kappa shape index (κ3) is 3.58. The molecule has 15 heavy (non-hydrogen) atoms. The summed E-state index contributed by atoms with van der Waals surface area (Å²) in [5.74, 6) is 0.541. The van der Waals surface area contributed by atoms with E-state index in [9.17, 15) is 5.11 Å². The molecule has 1 aromatic carbocycles. The Balaban J connectivity index is 2.71. The van der Waals surface area contributed by atoms with Crippen LogP contribution in [-0.2, 0) is 12.8 Å². The van der Waals surface area contributed by atoms with Gasteiger partial charge in [-0.15, -0.1) is 0 Å². The smallest absolute Gasteiger partial charge is 0.121 e. The summed E-state index contributed by atoms with van der Waals surface area (Å²) in [5, 5.41) is 10.0. The van der Waals surface area contributed by atoms with Gasteiger partial charge >= 0.3 is 0 Å². The van der Waals surface area contributed by atoms with Gasteiger partial charge in [0.1, 0.15) is 5.75 Å². The van der Waals surface area contributed by atoms with Crippen molar-refractivity contribution in [2.75, 3.05) is 0 Å². The Hall–Kier alpha value is -0.980. The summed E-state index contributed by atoms with van der Waals surface area (Å²) in [7, 11) is 0. The topological polar surface area (TPSA) is 20.2 Å². The number of aryl methyl sites for hydroxylation is 2. The number of hydrogen-bond donors (Lipinski definition) is 1. The number of benzene rings is 1. The Bertz CT molecular complexity index is 265. The maximum Gasteiger partial charge on any atom is 0.121 e. The van der Waals surface area contributed by atoms with Crippen molar-refractivity contribution in [2.24, 2.45) is 0 Å². The normalized spacial score (nSPS) is 10.5. The molecule has 1 rings (SSSR count). The number of rotatable bonds is 6. The summed E-state index contributed by atoms with van der Waals surface area (Å²) in [6.07, 6.45) is 6.68. The molecule has 0 aromatic heterocycles. The fraction of sp³-hybridized carbons (Fsp3) is 0.571. The standard InChI is InChI=1S/C14H22O/c1-3-5-8-12-10-7-11-13(14(12)15)9-6-4-2/h7,10-11,15H,3-6,8-9H2,1-2H3. The Kier molecular flexibility index (Phi) is 5.23. The lowest BCUT2D eigenvalue weighted by atomic mass is 10.0. The Labute approximate surface area is 93.1 Å². The van der Waals surface area contributed by atoms with E-state index in [1.54, 1.807) is 0 Å². The molecule has 1 nitrogen and oxygen atoms in total. The molecule has 0 radical (unpaired) electrons. The predicted molar refractivity (Wildman–Crippen MR) is 65.3 cm³/mol. The molecule has 1 aromatic rings. The Morgan fingerprint density at radius 1 is 0.933 bits per heavy atom. The molecule has 0 amide bonds. The van der Waals surface area contributed by atoms with Crippen LogP contribution in [0.5, 0.6) is 5.75 Å². The lowest BCUT2D eigenvalue weighted by Gasteiger charge is -2.08. The summed E-state index contributed by atoms with van der Waals surface area (Å²) in [5.41, 5.74) is 2.23. The van der Waals surface area contributed by atoms with E-state index in [-0.39, 0.29) is 0 Å². The minimum atomic E-state index is 0.541. The van der Waals surface area contributed by atoms with Gasteiger partial charge in [0.25, 0.3) is 0 Å². The summed E-state index contributed by atoms with van der Waals surface area (Å²) >= 11 is 0. The molecular formula is C14H22O. The van der Waals surface area contributed by atoms with Gasteiger partial charge in [0.2, 0.25) is 0 Å². The van der Waals surface area contributed by atoms with Gasteiger partial charge in [-0.2, -0.15) is 0 Å². The van der Waals surface area contributed by atoms with E-state index in [0.717, 1.165) is 36.8 Å². The monoisotopic (exact) mass is 206 g/mol. The van der Waals surface area contributed by atoms with Crippen LogP contribution in [0.4, 0.5) is 0 Å². The maximum atomic E-state index is 10.0. The van der Waals surface area contributed by atoms with Crippen molar-refractivity contribution in [1.29, 1.82) is 0 Å². The molecule has 0 saturated carbocycles. The van der Waals surface area contributed by atoms with Crippen LogP contribution in [0.3, 0.4) is 0 Å². The largest absolute Gasteiger partial charge is 0.507 e. The van der Waals surface area contributed by atoms with Gasteiger partial charge in [0.15, 0.2) is 0 Å². The first-order valence-electron chi connectivity index (χ1n) is 6.09. The lowest BCUT2D eigenvalue weighted by molar-refractivity contribution is 0.458. The zero-order valence-corrected chi connectivity index (χ0v) is 9.92. The van der Waals surface area contributed by atoms with E-state index < -0.39 is 0 Å². The molecule has 0 aliphatic rings. The fourth-order valence-corrected chi connectivity index (χ4v) is 1.78. The average molecular weight is 206 g/mol. The van der Waals surface area contributed by atoms with Crippen molar-refractivity contribution < 1.29 is 5.11 Å². The summed E-state index contributed by atoms with van der Waals surface area (Å²) in [4.78, 5) is 0. The molecule has 1 N–H and O–H groups in total. The quantitative estimate of drug-likeness (QED) is 0.743. The minimum absolute atomic E-state index is 0.541. The van der Waals surface area contributed by atoms with Gasteiger partial charge in [-0.1, -0.05) is 44.9 Å². The highest BCUT2D eigenvalue weighted by molar-refractivity contribution is 5.40. The van der Waals surface area contributed by atoms with Crippen LogP contribution < -0.4 is 0 Å². The van der Waals surface area contributed by atoms with Gasteiger partial charge in [-0.05, 0) is 36.8 Å². The van der Waals surface area contributed by atoms with Crippen LogP contribution in [0.25, 0.3) is 0 Å². The van der Waals surface area contributed by atoms with Gasteiger partial charge < -0.3 is 5.11 Å². The van der Waals surface area contributed by atoms with Crippen molar-refractivity contribution in [1.82, 2.24) is 0 Å². The second-order valence-corrected chi connectivity index (χ2v) is 4.13. The number of unbranched alkanes of at least 4 members (excludes halogenated alkanes) is 2. The Morgan fingerprint density at radius 2 is 1.40 bits per heavy atom. The summed E-state index contributed by atoms with van der Waals surface area (Å²) < 4.78 is 0. The molecule has 0 unspecified atom stereocenters. The van der Waals surface area contributed by atoms with E-state index in [2.05, 4.69) is 19.9 Å². The predicted octanol–water partition coefficient (Wildman–Crippen LogP) is 4.08. The van der Waals surface area contributed by atoms with E-state index in [4.69, 9.17) is 0 Å². The van der Waals surface area contributed by atoms with Crippen molar-refractivity contribution in [3.63, 3.8) is 0 Å². The second kappa shape index (κ2) is 6.49.